The Morgan fingerprint density at radius 3 is 2.37 bits per heavy atom. The van der Waals surface area contributed by atoms with E-state index in [-0.39, 0.29) is 0 Å². The number of hydrogen-bond acceptors (Lipinski definition) is 7. The Morgan fingerprint density at radius 2 is 1.58 bits per heavy atom. The molecule has 0 unspecified atom stereocenters. The average Bonchev–Trinajstić information content (AvgIpc) is 2.95. The first kappa shape index (κ1) is 23.9. The van der Waals surface area contributed by atoms with Crippen molar-refractivity contribution >= 4 is 56.5 Å². The molecule has 0 amide bonds. The van der Waals surface area contributed by atoms with Crippen molar-refractivity contribution in [3.8, 4) is 28.5 Å². The third-order valence-electron chi connectivity index (χ3n) is 5.98. The highest BCUT2D eigenvalue weighted by Crippen LogP contribution is 2.35. The number of aromatic nitrogens is 4. The fourth-order valence-electron chi connectivity index (χ4n) is 4.10. The topological polar surface area (TPSA) is 82.0 Å². The zero-order chi connectivity index (χ0) is 26.1. The van der Waals surface area contributed by atoms with E-state index in [1.165, 1.54) is 0 Å². The quantitative estimate of drug-likeness (QED) is 0.229. The molecule has 3 aromatic carbocycles. The standard InChI is InChI=1S/C29H19Cl2N5O2/c1-37-20-15-25-28(33-16-20)26(12-13-32-25)38-19-9-7-18(8-10-19)34-29-22-5-3-2-4-21(22)27(35-36-29)17-6-11-23(30)24(31)14-17/h2-16H,1H3,(H,34,36). The molecule has 6 aromatic rings. The van der Waals surface area contributed by atoms with Crippen molar-refractivity contribution in [3.05, 3.63) is 101 Å². The van der Waals surface area contributed by atoms with Crippen molar-refractivity contribution in [2.45, 2.75) is 0 Å². The van der Waals surface area contributed by atoms with Crippen LogP contribution >= 0.6 is 23.2 Å². The molecular formula is C29H19Cl2N5O2. The lowest BCUT2D eigenvalue weighted by Gasteiger charge is -2.12. The van der Waals surface area contributed by atoms with Crippen LogP contribution in [0.15, 0.2) is 91.3 Å². The fourth-order valence-corrected chi connectivity index (χ4v) is 4.40. The Hall–Kier alpha value is -4.46. The monoisotopic (exact) mass is 539 g/mol. The summed E-state index contributed by atoms with van der Waals surface area (Å²) in [5.74, 6) is 2.54. The number of hydrogen-bond donors (Lipinski definition) is 1. The lowest BCUT2D eigenvalue weighted by Crippen LogP contribution is -1.99. The van der Waals surface area contributed by atoms with E-state index in [4.69, 9.17) is 32.7 Å². The summed E-state index contributed by atoms with van der Waals surface area (Å²) in [4.78, 5) is 8.79. The molecule has 0 aliphatic rings. The van der Waals surface area contributed by atoms with Crippen molar-refractivity contribution < 1.29 is 9.47 Å². The van der Waals surface area contributed by atoms with Crippen molar-refractivity contribution in [1.29, 1.82) is 0 Å². The van der Waals surface area contributed by atoms with Gasteiger partial charge in [-0.15, -0.1) is 10.2 Å². The highest BCUT2D eigenvalue weighted by Gasteiger charge is 2.13. The van der Waals surface area contributed by atoms with E-state index in [0.717, 1.165) is 27.7 Å². The second kappa shape index (κ2) is 10.1. The smallest absolute Gasteiger partial charge is 0.161 e. The molecule has 0 spiro atoms. The molecule has 186 valence electrons. The molecule has 0 saturated carbocycles. The van der Waals surface area contributed by atoms with E-state index >= 15 is 0 Å². The summed E-state index contributed by atoms with van der Waals surface area (Å²) in [5, 5.41) is 15.2. The van der Waals surface area contributed by atoms with Crippen LogP contribution in [0.25, 0.3) is 33.1 Å². The molecule has 0 aliphatic carbocycles. The minimum Gasteiger partial charge on any atom is -0.495 e. The Balaban J connectivity index is 1.27. The Bertz CT molecular complexity index is 1800. The summed E-state index contributed by atoms with van der Waals surface area (Å²) in [7, 11) is 1.59. The molecule has 6 rings (SSSR count). The summed E-state index contributed by atoms with van der Waals surface area (Å²) < 4.78 is 11.3. The molecule has 3 heterocycles. The summed E-state index contributed by atoms with van der Waals surface area (Å²) in [5.41, 5.74) is 3.74. The number of rotatable bonds is 6. The molecule has 3 aromatic heterocycles. The van der Waals surface area contributed by atoms with Crippen LogP contribution in [0, 0.1) is 0 Å². The van der Waals surface area contributed by atoms with Crippen LogP contribution in [-0.4, -0.2) is 27.3 Å². The fraction of sp³-hybridized carbons (Fsp3) is 0.0345. The van der Waals surface area contributed by atoms with Gasteiger partial charge < -0.3 is 14.8 Å². The van der Waals surface area contributed by atoms with Gasteiger partial charge in [-0.05, 0) is 36.4 Å². The molecule has 0 saturated heterocycles. The Morgan fingerprint density at radius 1 is 0.763 bits per heavy atom. The molecule has 1 N–H and O–H groups in total. The molecule has 9 heteroatoms. The van der Waals surface area contributed by atoms with Crippen molar-refractivity contribution in [2.24, 2.45) is 0 Å². The second-order valence-electron chi connectivity index (χ2n) is 8.38. The van der Waals surface area contributed by atoms with E-state index in [1.54, 1.807) is 37.7 Å². The number of fused-ring (bicyclic) bond motifs is 2. The predicted octanol–water partition coefficient (Wildman–Crippen LogP) is 8.09. The highest BCUT2D eigenvalue weighted by atomic mass is 35.5. The van der Waals surface area contributed by atoms with E-state index in [9.17, 15) is 0 Å². The summed E-state index contributed by atoms with van der Waals surface area (Å²) in [6, 6.07) is 24.6. The van der Waals surface area contributed by atoms with E-state index in [1.807, 2.05) is 60.7 Å². The maximum absolute atomic E-state index is 6.24. The average molecular weight is 540 g/mol. The molecule has 7 nitrogen and oxygen atoms in total. The SMILES string of the molecule is COc1cnc2c(Oc3ccc(Nc4nnc(-c5ccc(Cl)c(Cl)c5)c5ccccc45)cc3)ccnc2c1. The lowest BCUT2D eigenvalue weighted by molar-refractivity contribution is 0.413. The number of nitrogens with zero attached hydrogens (tertiary/aromatic N) is 4. The van der Waals surface area contributed by atoms with Gasteiger partial charge in [0.25, 0.3) is 0 Å². The van der Waals surface area contributed by atoms with Crippen LogP contribution in [0.2, 0.25) is 10.0 Å². The Kier molecular flexibility index (Phi) is 6.37. The van der Waals surface area contributed by atoms with Gasteiger partial charge in [0.2, 0.25) is 0 Å². The van der Waals surface area contributed by atoms with Gasteiger partial charge >= 0.3 is 0 Å². The molecule has 38 heavy (non-hydrogen) atoms. The van der Waals surface area contributed by atoms with Gasteiger partial charge in [-0.1, -0.05) is 53.5 Å². The number of ether oxygens (including phenoxy) is 2. The summed E-state index contributed by atoms with van der Waals surface area (Å²) in [6.07, 6.45) is 3.32. The molecule has 0 radical (unpaired) electrons. The molecular weight excluding hydrogens is 521 g/mol. The molecule has 0 fully saturated rings. The van der Waals surface area contributed by atoms with E-state index in [0.29, 0.717) is 44.1 Å². The summed E-state index contributed by atoms with van der Waals surface area (Å²) >= 11 is 12.3. The third-order valence-corrected chi connectivity index (χ3v) is 6.72. The van der Waals surface area contributed by atoms with Crippen LogP contribution in [0.3, 0.4) is 0 Å². The van der Waals surface area contributed by atoms with Gasteiger partial charge in [-0.3, -0.25) is 4.98 Å². The minimum atomic E-state index is 0.467. The maximum atomic E-state index is 6.24. The lowest BCUT2D eigenvalue weighted by atomic mass is 10.0. The van der Waals surface area contributed by atoms with Gasteiger partial charge in [-0.25, -0.2) is 4.98 Å². The van der Waals surface area contributed by atoms with Crippen LogP contribution < -0.4 is 14.8 Å². The summed E-state index contributed by atoms with van der Waals surface area (Å²) in [6.45, 7) is 0. The molecule has 0 atom stereocenters. The maximum Gasteiger partial charge on any atom is 0.161 e. The van der Waals surface area contributed by atoms with Crippen LogP contribution in [0.5, 0.6) is 17.2 Å². The van der Waals surface area contributed by atoms with Crippen molar-refractivity contribution in [3.63, 3.8) is 0 Å². The first-order chi connectivity index (χ1) is 18.6. The van der Waals surface area contributed by atoms with Crippen LogP contribution in [-0.2, 0) is 0 Å². The number of anilines is 2. The van der Waals surface area contributed by atoms with Gasteiger partial charge in [0.05, 0.1) is 28.9 Å². The van der Waals surface area contributed by atoms with Gasteiger partial charge in [-0.2, -0.15) is 0 Å². The highest BCUT2D eigenvalue weighted by molar-refractivity contribution is 6.42. The van der Waals surface area contributed by atoms with E-state index in [2.05, 4.69) is 25.5 Å². The normalized spacial score (nSPS) is 11.0. The van der Waals surface area contributed by atoms with Crippen LogP contribution in [0.1, 0.15) is 0 Å². The largest absolute Gasteiger partial charge is 0.495 e. The number of halogens is 2. The zero-order valence-corrected chi connectivity index (χ0v) is 21.5. The zero-order valence-electron chi connectivity index (χ0n) is 20.0. The number of benzene rings is 3. The molecule has 0 bridgehead atoms. The third kappa shape index (κ3) is 4.65. The number of pyridine rings is 2. The predicted molar refractivity (Wildman–Crippen MR) is 151 cm³/mol. The number of methoxy groups -OCH3 is 1. The van der Waals surface area contributed by atoms with Gasteiger partial charge in [0.15, 0.2) is 11.6 Å². The first-order valence-electron chi connectivity index (χ1n) is 11.6. The first-order valence-corrected chi connectivity index (χ1v) is 12.4. The van der Waals surface area contributed by atoms with Gasteiger partial charge in [0, 0.05) is 40.4 Å². The number of nitrogens with one attached hydrogen (secondary N) is 1. The second-order valence-corrected chi connectivity index (χ2v) is 9.19. The van der Waals surface area contributed by atoms with E-state index < -0.39 is 0 Å². The van der Waals surface area contributed by atoms with Crippen molar-refractivity contribution in [1.82, 2.24) is 20.2 Å². The minimum absolute atomic E-state index is 0.467. The van der Waals surface area contributed by atoms with Crippen LogP contribution in [0.4, 0.5) is 11.5 Å². The Labute approximate surface area is 228 Å². The van der Waals surface area contributed by atoms with Gasteiger partial charge in [0.1, 0.15) is 22.7 Å². The molecule has 0 aliphatic heterocycles. The van der Waals surface area contributed by atoms with Crippen molar-refractivity contribution in [2.75, 3.05) is 12.4 Å².